The summed E-state index contributed by atoms with van der Waals surface area (Å²) in [5.74, 6) is 0. The predicted molar refractivity (Wildman–Crippen MR) is 91.7 cm³/mol. The maximum Gasteiger partial charge on any atom is 0.0766 e. The molecule has 2 N–H and O–H groups in total. The normalized spacial score (nSPS) is 15.2. The largest absolute Gasteiger partial charge is 0.390 e. The van der Waals surface area contributed by atoms with Crippen LogP contribution in [0, 0.1) is 0 Å². The number of hydrogen-bond acceptors (Lipinski definition) is 3. The van der Waals surface area contributed by atoms with Gasteiger partial charge in [0.1, 0.15) is 0 Å². The third kappa shape index (κ3) is 5.72. The summed E-state index contributed by atoms with van der Waals surface area (Å²) < 4.78 is 3.05. The number of rotatable bonds is 7. The highest BCUT2D eigenvalue weighted by atomic mass is 79.9. The van der Waals surface area contributed by atoms with Crippen LogP contribution >= 0.6 is 15.9 Å². The molecular formula is C16H30BrN3O. The van der Waals surface area contributed by atoms with Gasteiger partial charge in [0.2, 0.25) is 0 Å². The first-order valence-electron chi connectivity index (χ1n) is 7.81. The molecule has 1 aromatic rings. The fraction of sp³-hybridized carbons (Fsp3) is 0.812. The molecule has 122 valence electrons. The Bertz CT molecular complexity index is 461. The van der Waals surface area contributed by atoms with Gasteiger partial charge in [-0.1, -0.05) is 6.92 Å². The van der Waals surface area contributed by atoms with E-state index in [1.807, 2.05) is 11.6 Å². The molecule has 4 nitrogen and oxygen atoms in total. The Labute approximate surface area is 137 Å². The first kappa shape index (κ1) is 18.7. The third-order valence-corrected chi connectivity index (χ3v) is 4.48. The zero-order chi connectivity index (χ0) is 16.3. The van der Waals surface area contributed by atoms with Crippen LogP contribution in [0.1, 0.15) is 59.4 Å². The van der Waals surface area contributed by atoms with E-state index in [1.54, 1.807) is 0 Å². The van der Waals surface area contributed by atoms with E-state index < -0.39 is 5.60 Å². The fourth-order valence-corrected chi connectivity index (χ4v) is 3.05. The highest BCUT2D eigenvalue weighted by Crippen LogP contribution is 2.27. The molecule has 0 saturated carbocycles. The number of aryl methyl sites for hydroxylation is 2. The van der Waals surface area contributed by atoms with E-state index >= 15 is 0 Å². The van der Waals surface area contributed by atoms with Gasteiger partial charge in [-0.25, -0.2) is 0 Å². The Balaban J connectivity index is 2.76. The summed E-state index contributed by atoms with van der Waals surface area (Å²) in [5.41, 5.74) is 1.50. The molecule has 0 aliphatic carbocycles. The number of aliphatic hydroxyl groups is 1. The zero-order valence-corrected chi connectivity index (χ0v) is 15.8. The van der Waals surface area contributed by atoms with Crippen LogP contribution in [0.4, 0.5) is 0 Å². The highest BCUT2D eigenvalue weighted by Gasteiger charge is 2.26. The molecule has 1 unspecified atom stereocenters. The zero-order valence-electron chi connectivity index (χ0n) is 14.3. The average molecular weight is 360 g/mol. The molecule has 0 fully saturated rings. The van der Waals surface area contributed by atoms with Gasteiger partial charge in [0.05, 0.1) is 21.5 Å². The highest BCUT2D eigenvalue weighted by molar-refractivity contribution is 9.10. The van der Waals surface area contributed by atoms with Crippen LogP contribution in [0.2, 0.25) is 0 Å². The summed E-state index contributed by atoms with van der Waals surface area (Å²) in [7, 11) is 0. The van der Waals surface area contributed by atoms with Gasteiger partial charge in [-0.3, -0.25) is 4.68 Å². The number of hydrogen-bond donors (Lipinski definition) is 2. The molecule has 21 heavy (non-hydrogen) atoms. The minimum Gasteiger partial charge on any atom is -0.390 e. The Morgan fingerprint density at radius 3 is 2.33 bits per heavy atom. The van der Waals surface area contributed by atoms with Gasteiger partial charge in [-0.05, 0) is 69.9 Å². The van der Waals surface area contributed by atoms with Crippen molar-refractivity contribution in [2.45, 2.75) is 78.5 Å². The number of nitrogens with one attached hydrogen (secondary N) is 1. The van der Waals surface area contributed by atoms with Gasteiger partial charge in [-0.15, -0.1) is 0 Å². The van der Waals surface area contributed by atoms with Gasteiger partial charge >= 0.3 is 0 Å². The number of aromatic nitrogens is 2. The second-order valence-corrected chi connectivity index (χ2v) is 7.77. The summed E-state index contributed by atoms with van der Waals surface area (Å²) in [4.78, 5) is 0. The Hall–Kier alpha value is -0.390. The summed E-state index contributed by atoms with van der Waals surface area (Å²) in [6.45, 7) is 14.1. The van der Waals surface area contributed by atoms with Crippen molar-refractivity contribution in [1.29, 1.82) is 0 Å². The number of halogens is 1. The molecule has 0 aromatic carbocycles. The van der Waals surface area contributed by atoms with Crippen LogP contribution in [-0.2, 0) is 19.4 Å². The molecule has 0 aliphatic heterocycles. The van der Waals surface area contributed by atoms with Crippen molar-refractivity contribution in [3.05, 3.63) is 15.9 Å². The molecule has 0 saturated heterocycles. The lowest BCUT2D eigenvalue weighted by Gasteiger charge is -2.27. The molecule has 1 rings (SSSR count). The van der Waals surface area contributed by atoms with Gasteiger partial charge in [0.25, 0.3) is 0 Å². The van der Waals surface area contributed by atoms with Crippen molar-refractivity contribution in [1.82, 2.24) is 15.1 Å². The first-order valence-corrected chi connectivity index (χ1v) is 8.60. The monoisotopic (exact) mass is 359 g/mol. The van der Waals surface area contributed by atoms with Gasteiger partial charge < -0.3 is 10.4 Å². The minimum absolute atomic E-state index is 0.0806. The van der Waals surface area contributed by atoms with Crippen molar-refractivity contribution >= 4 is 15.9 Å². The fourth-order valence-electron chi connectivity index (χ4n) is 2.34. The van der Waals surface area contributed by atoms with Crippen LogP contribution in [0.3, 0.4) is 0 Å². The smallest absolute Gasteiger partial charge is 0.0766 e. The maximum atomic E-state index is 10.7. The van der Waals surface area contributed by atoms with E-state index in [0.29, 0.717) is 12.8 Å². The lowest BCUT2D eigenvalue weighted by Crippen LogP contribution is -2.40. The van der Waals surface area contributed by atoms with Crippen LogP contribution in [0.5, 0.6) is 0 Å². The van der Waals surface area contributed by atoms with Gasteiger partial charge in [0, 0.05) is 18.5 Å². The number of nitrogens with zero attached hydrogens (tertiary/aromatic N) is 2. The van der Waals surface area contributed by atoms with Crippen molar-refractivity contribution in [2.24, 2.45) is 0 Å². The standard InChI is InChI=1S/C16H30BrN3O/c1-7-12-14(17)13(20(8-2)19-12)11-16(6,21)9-10-18-15(3,4)5/h18,21H,7-11H2,1-6H3. The summed E-state index contributed by atoms with van der Waals surface area (Å²) >= 11 is 3.65. The van der Waals surface area contributed by atoms with E-state index in [0.717, 1.165) is 35.4 Å². The van der Waals surface area contributed by atoms with E-state index in [1.165, 1.54) is 0 Å². The van der Waals surface area contributed by atoms with E-state index in [-0.39, 0.29) is 5.54 Å². The molecule has 0 spiro atoms. The molecule has 0 aliphatic rings. The van der Waals surface area contributed by atoms with Gasteiger partial charge in [-0.2, -0.15) is 5.10 Å². The Kier molecular flexibility index (Phi) is 6.44. The predicted octanol–water partition coefficient (Wildman–Crippen LogP) is 3.30. The van der Waals surface area contributed by atoms with Crippen molar-refractivity contribution < 1.29 is 5.11 Å². The molecule has 1 atom stereocenters. The Morgan fingerprint density at radius 2 is 1.86 bits per heavy atom. The van der Waals surface area contributed by atoms with Crippen LogP contribution in [-0.4, -0.2) is 32.6 Å². The quantitative estimate of drug-likeness (QED) is 0.785. The molecule has 0 amide bonds. The molecule has 0 radical (unpaired) electrons. The van der Waals surface area contributed by atoms with Gasteiger partial charge in [0.15, 0.2) is 0 Å². The topological polar surface area (TPSA) is 50.1 Å². The minimum atomic E-state index is -0.737. The molecule has 5 heteroatoms. The molecular weight excluding hydrogens is 330 g/mol. The maximum absolute atomic E-state index is 10.7. The van der Waals surface area contributed by atoms with Crippen LogP contribution in [0.15, 0.2) is 4.47 Å². The lowest BCUT2D eigenvalue weighted by atomic mass is 9.95. The summed E-state index contributed by atoms with van der Waals surface area (Å²) in [6.07, 6.45) is 2.22. The summed E-state index contributed by atoms with van der Waals surface area (Å²) in [6, 6.07) is 0. The van der Waals surface area contributed by atoms with Crippen molar-refractivity contribution in [2.75, 3.05) is 6.54 Å². The second-order valence-electron chi connectivity index (χ2n) is 6.98. The lowest BCUT2D eigenvalue weighted by molar-refractivity contribution is 0.0477. The van der Waals surface area contributed by atoms with Crippen molar-refractivity contribution in [3.63, 3.8) is 0 Å². The molecule has 1 aromatic heterocycles. The molecule has 1 heterocycles. The third-order valence-electron chi connectivity index (χ3n) is 3.56. The van der Waals surface area contributed by atoms with E-state index in [2.05, 4.69) is 61.0 Å². The first-order chi connectivity index (χ1) is 9.59. The van der Waals surface area contributed by atoms with Crippen molar-refractivity contribution in [3.8, 4) is 0 Å². The average Bonchev–Trinajstić information content (AvgIpc) is 2.63. The summed E-state index contributed by atoms with van der Waals surface area (Å²) in [5, 5.41) is 18.7. The molecule has 0 bridgehead atoms. The second kappa shape index (κ2) is 7.25. The van der Waals surface area contributed by atoms with E-state index in [9.17, 15) is 5.11 Å². The SMILES string of the molecule is CCc1nn(CC)c(CC(C)(O)CCNC(C)(C)C)c1Br. The van der Waals surface area contributed by atoms with E-state index in [4.69, 9.17) is 0 Å². The van der Waals surface area contributed by atoms with Crippen LogP contribution in [0.25, 0.3) is 0 Å². The Morgan fingerprint density at radius 1 is 1.24 bits per heavy atom. The van der Waals surface area contributed by atoms with Crippen LogP contribution < -0.4 is 5.32 Å².